The molecule has 3 rings (SSSR count). The molecule has 3 nitrogen and oxygen atoms in total. The van der Waals surface area contributed by atoms with Crippen LogP contribution in [0, 0.1) is 0 Å². The minimum Gasteiger partial charge on any atom is -0.287 e. The summed E-state index contributed by atoms with van der Waals surface area (Å²) < 4.78 is 41.9. The maximum Gasteiger partial charge on any atom is 0.409 e. The van der Waals surface area contributed by atoms with Crippen molar-refractivity contribution in [2.45, 2.75) is 51.4 Å². The molecule has 6 heteroatoms. The molecule has 0 spiro atoms. The van der Waals surface area contributed by atoms with Crippen LogP contribution in [-0.2, 0) is 11.2 Å². The Labute approximate surface area is 144 Å². The average molecular weight is 350 g/mol. The van der Waals surface area contributed by atoms with E-state index in [1.807, 2.05) is 31.2 Å². The molecular weight excluding hydrogens is 329 g/mol. The molecule has 1 N–H and O–H groups in total. The Morgan fingerprint density at radius 3 is 2.48 bits per heavy atom. The highest BCUT2D eigenvalue weighted by atomic mass is 19.4. The van der Waals surface area contributed by atoms with Crippen molar-refractivity contribution in [1.82, 2.24) is 10.4 Å². The smallest absolute Gasteiger partial charge is 0.287 e. The minimum absolute atomic E-state index is 0.0355. The SMILES string of the molecule is CCc1cc([C@H](N2NC(=O)CC2(C)C)C(F)(F)F)cc2ccccc12. The fourth-order valence-electron chi connectivity index (χ4n) is 3.57. The number of halogens is 3. The summed E-state index contributed by atoms with van der Waals surface area (Å²) in [6.45, 7) is 5.21. The van der Waals surface area contributed by atoms with E-state index in [1.165, 1.54) is 0 Å². The summed E-state index contributed by atoms with van der Waals surface area (Å²) in [5.41, 5.74) is 2.51. The summed E-state index contributed by atoms with van der Waals surface area (Å²) in [6.07, 6.45) is -3.84. The lowest BCUT2D eigenvalue weighted by Crippen LogP contribution is -2.51. The molecule has 134 valence electrons. The summed E-state index contributed by atoms with van der Waals surface area (Å²) in [7, 11) is 0. The second kappa shape index (κ2) is 6.02. The molecular formula is C19H21F3N2O. The number of nitrogens with one attached hydrogen (secondary N) is 1. The first-order valence-corrected chi connectivity index (χ1v) is 8.30. The molecule has 1 fully saturated rings. The van der Waals surface area contributed by atoms with Crippen LogP contribution in [0.1, 0.15) is 44.4 Å². The molecule has 2 aromatic rings. The number of amides is 1. The number of hydrazine groups is 1. The van der Waals surface area contributed by atoms with E-state index < -0.39 is 23.7 Å². The molecule has 0 aromatic heterocycles. The Morgan fingerprint density at radius 2 is 1.92 bits per heavy atom. The van der Waals surface area contributed by atoms with E-state index in [0.29, 0.717) is 6.42 Å². The number of fused-ring (bicyclic) bond motifs is 1. The predicted molar refractivity (Wildman–Crippen MR) is 90.8 cm³/mol. The van der Waals surface area contributed by atoms with Gasteiger partial charge in [0.2, 0.25) is 5.91 Å². The second-order valence-corrected chi connectivity index (χ2v) is 7.09. The van der Waals surface area contributed by atoms with Crippen molar-refractivity contribution in [3.05, 3.63) is 47.5 Å². The topological polar surface area (TPSA) is 32.3 Å². The first-order valence-electron chi connectivity index (χ1n) is 8.30. The number of carbonyl (C=O) groups excluding carboxylic acids is 1. The van der Waals surface area contributed by atoms with E-state index in [-0.39, 0.29) is 12.0 Å². The van der Waals surface area contributed by atoms with Gasteiger partial charge in [-0.15, -0.1) is 0 Å². The second-order valence-electron chi connectivity index (χ2n) is 7.09. The molecule has 0 radical (unpaired) electrons. The van der Waals surface area contributed by atoms with E-state index >= 15 is 0 Å². The third kappa shape index (κ3) is 3.23. The van der Waals surface area contributed by atoms with Crippen LogP contribution in [0.15, 0.2) is 36.4 Å². The van der Waals surface area contributed by atoms with Gasteiger partial charge in [-0.1, -0.05) is 37.3 Å². The normalized spacial score (nSPS) is 19.2. The quantitative estimate of drug-likeness (QED) is 0.883. The Kier molecular flexibility index (Phi) is 4.27. The van der Waals surface area contributed by atoms with E-state index in [2.05, 4.69) is 5.43 Å². The first kappa shape index (κ1) is 17.7. The standard InChI is InChI=1S/C19H21F3N2O/c1-4-12-9-14(10-13-7-5-6-8-15(12)13)17(19(20,21)22)24-18(2,3)11-16(25)23-24/h5-10,17H,4,11H2,1-3H3,(H,23,25)/t17-/m0/s1. The fourth-order valence-corrected chi connectivity index (χ4v) is 3.57. The van der Waals surface area contributed by atoms with Gasteiger partial charge < -0.3 is 0 Å². The van der Waals surface area contributed by atoms with Crippen molar-refractivity contribution >= 4 is 16.7 Å². The number of nitrogens with zero attached hydrogens (tertiary/aromatic N) is 1. The summed E-state index contributed by atoms with van der Waals surface area (Å²) in [5, 5.41) is 2.78. The third-order valence-electron chi connectivity index (χ3n) is 4.73. The summed E-state index contributed by atoms with van der Waals surface area (Å²) in [5.74, 6) is -0.393. The fraction of sp³-hybridized carbons (Fsp3) is 0.421. The molecule has 0 aliphatic carbocycles. The van der Waals surface area contributed by atoms with E-state index in [1.54, 1.807) is 26.0 Å². The summed E-state index contributed by atoms with van der Waals surface area (Å²) >= 11 is 0. The van der Waals surface area contributed by atoms with Crippen LogP contribution in [0.4, 0.5) is 13.2 Å². The number of hydrogen-bond donors (Lipinski definition) is 1. The van der Waals surface area contributed by atoms with Gasteiger partial charge in [0, 0.05) is 12.0 Å². The van der Waals surface area contributed by atoms with Crippen LogP contribution in [0.25, 0.3) is 10.8 Å². The van der Waals surface area contributed by atoms with Gasteiger partial charge in [0.25, 0.3) is 0 Å². The zero-order chi connectivity index (χ0) is 18.4. The number of alkyl halides is 3. The molecule has 25 heavy (non-hydrogen) atoms. The van der Waals surface area contributed by atoms with Gasteiger partial charge in [-0.2, -0.15) is 18.2 Å². The van der Waals surface area contributed by atoms with Crippen molar-refractivity contribution in [3.8, 4) is 0 Å². The first-order chi connectivity index (χ1) is 11.6. The lowest BCUT2D eigenvalue weighted by atomic mass is 9.93. The summed E-state index contributed by atoms with van der Waals surface area (Å²) in [4.78, 5) is 11.7. The summed E-state index contributed by atoms with van der Waals surface area (Å²) in [6, 6.07) is 8.74. The maximum atomic E-state index is 14.0. The lowest BCUT2D eigenvalue weighted by molar-refractivity contribution is -0.203. The van der Waals surface area contributed by atoms with Crippen molar-refractivity contribution in [2.24, 2.45) is 0 Å². The lowest BCUT2D eigenvalue weighted by Gasteiger charge is -2.38. The van der Waals surface area contributed by atoms with E-state index in [9.17, 15) is 18.0 Å². The van der Waals surface area contributed by atoms with Crippen molar-refractivity contribution in [3.63, 3.8) is 0 Å². The minimum atomic E-state index is -4.51. The van der Waals surface area contributed by atoms with Crippen LogP contribution in [-0.4, -0.2) is 22.6 Å². The van der Waals surface area contributed by atoms with Gasteiger partial charge in [-0.3, -0.25) is 10.2 Å². The van der Waals surface area contributed by atoms with Crippen LogP contribution in [0.2, 0.25) is 0 Å². The molecule has 0 unspecified atom stereocenters. The molecule has 1 saturated heterocycles. The monoisotopic (exact) mass is 350 g/mol. The Morgan fingerprint density at radius 1 is 1.24 bits per heavy atom. The predicted octanol–water partition coefficient (Wildman–Crippen LogP) is 4.52. The highest BCUT2D eigenvalue weighted by molar-refractivity contribution is 5.86. The van der Waals surface area contributed by atoms with Gasteiger partial charge in [0.05, 0.1) is 0 Å². The zero-order valence-electron chi connectivity index (χ0n) is 14.4. The zero-order valence-corrected chi connectivity index (χ0v) is 14.4. The Balaban J connectivity index is 2.18. The van der Waals surface area contributed by atoms with Crippen LogP contribution < -0.4 is 5.43 Å². The molecule has 1 amide bonds. The molecule has 1 heterocycles. The molecule has 2 aromatic carbocycles. The van der Waals surface area contributed by atoms with Gasteiger partial charge in [0.15, 0.2) is 6.04 Å². The maximum absolute atomic E-state index is 14.0. The molecule has 0 bridgehead atoms. The number of aryl methyl sites for hydroxylation is 1. The Hall–Kier alpha value is -2.08. The number of hydrogen-bond acceptors (Lipinski definition) is 2. The van der Waals surface area contributed by atoms with Gasteiger partial charge >= 0.3 is 6.18 Å². The van der Waals surface area contributed by atoms with E-state index in [4.69, 9.17) is 0 Å². The highest BCUT2D eigenvalue weighted by Gasteiger charge is 2.53. The molecule has 1 aliphatic heterocycles. The van der Waals surface area contributed by atoms with Crippen LogP contribution >= 0.6 is 0 Å². The van der Waals surface area contributed by atoms with Gasteiger partial charge in [-0.25, -0.2) is 0 Å². The van der Waals surface area contributed by atoms with Crippen molar-refractivity contribution in [2.75, 3.05) is 0 Å². The highest BCUT2D eigenvalue weighted by Crippen LogP contribution is 2.43. The number of carbonyl (C=O) groups is 1. The van der Waals surface area contributed by atoms with Crippen LogP contribution in [0.3, 0.4) is 0 Å². The third-order valence-corrected chi connectivity index (χ3v) is 4.73. The van der Waals surface area contributed by atoms with Crippen molar-refractivity contribution < 1.29 is 18.0 Å². The Bertz CT molecular complexity index is 814. The van der Waals surface area contributed by atoms with Crippen molar-refractivity contribution in [1.29, 1.82) is 0 Å². The largest absolute Gasteiger partial charge is 0.409 e. The average Bonchev–Trinajstić information content (AvgIpc) is 2.77. The van der Waals surface area contributed by atoms with Gasteiger partial charge in [-0.05, 0) is 48.2 Å². The van der Waals surface area contributed by atoms with Gasteiger partial charge in [0.1, 0.15) is 0 Å². The molecule has 1 atom stereocenters. The number of rotatable bonds is 3. The molecule has 0 saturated carbocycles. The number of benzene rings is 2. The molecule has 1 aliphatic rings. The van der Waals surface area contributed by atoms with Crippen LogP contribution in [0.5, 0.6) is 0 Å². The van der Waals surface area contributed by atoms with E-state index in [0.717, 1.165) is 21.3 Å².